The molecular weight excluding hydrogens is 246 g/mol. The van der Waals surface area contributed by atoms with Crippen LogP contribution >= 0.6 is 0 Å². The molecule has 1 saturated heterocycles. The minimum Gasteiger partial charge on any atom is -0.395 e. The fourth-order valence-electron chi connectivity index (χ4n) is 3.15. The van der Waals surface area contributed by atoms with Gasteiger partial charge in [-0.1, -0.05) is 60.7 Å². The number of aliphatic hydroxyl groups is 1. The van der Waals surface area contributed by atoms with E-state index in [2.05, 4.69) is 60.4 Å². The summed E-state index contributed by atoms with van der Waals surface area (Å²) in [6.07, 6.45) is 1.02. The third-order valence-corrected chi connectivity index (χ3v) is 4.32. The summed E-state index contributed by atoms with van der Waals surface area (Å²) in [5, 5.41) is 9.58. The van der Waals surface area contributed by atoms with Crippen molar-refractivity contribution in [2.45, 2.75) is 31.5 Å². The molecule has 0 spiro atoms. The van der Waals surface area contributed by atoms with Gasteiger partial charge in [0.2, 0.25) is 0 Å². The lowest BCUT2D eigenvalue weighted by Gasteiger charge is -2.15. The maximum atomic E-state index is 9.58. The van der Waals surface area contributed by atoms with Gasteiger partial charge < -0.3 is 5.11 Å². The Morgan fingerprint density at radius 3 is 2.15 bits per heavy atom. The zero-order valence-corrected chi connectivity index (χ0v) is 11.8. The van der Waals surface area contributed by atoms with Gasteiger partial charge in [0.15, 0.2) is 0 Å². The Morgan fingerprint density at radius 1 is 0.950 bits per heavy atom. The van der Waals surface area contributed by atoms with Crippen LogP contribution in [0.25, 0.3) is 0 Å². The van der Waals surface area contributed by atoms with Crippen molar-refractivity contribution in [3.8, 4) is 0 Å². The number of benzene rings is 2. The predicted octanol–water partition coefficient (Wildman–Crippen LogP) is 3.04. The fraction of sp³-hybridized carbons (Fsp3) is 0.333. The number of hydrogen-bond acceptors (Lipinski definition) is 2. The summed E-state index contributed by atoms with van der Waals surface area (Å²) >= 11 is 0. The van der Waals surface area contributed by atoms with Gasteiger partial charge in [-0.3, -0.25) is 4.90 Å². The van der Waals surface area contributed by atoms with E-state index in [1.54, 1.807) is 0 Å². The summed E-state index contributed by atoms with van der Waals surface area (Å²) in [6, 6.07) is 22.2. The van der Waals surface area contributed by atoms with Crippen molar-refractivity contribution in [2.75, 3.05) is 6.61 Å². The molecule has 1 aliphatic rings. The summed E-state index contributed by atoms with van der Waals surface area (Å²) in [5.41, 5.74) is 2.67. The van der Waals surface area contributed by atoms with Gasteiger partial charge in [0, 0.05) is 18.1 Å². The molecule has 2 aromatic rings. The maximum Gasteiger partial charge on any atom is 0.0602 e. The smallest absolute Gasteiger partial charge is 0.0602 e. The third-order valence-electron chi connectivity index (χ3n) is 4.32. The first kappa shape index (κ1) is 13.3. The highest BCUT2D eigenvalue weighted by atomic mass is 16.3. The van der Waals surface area contributed by atoms with Crippen LogP contribution in [-0.4, -0.2) is 28.7 Å². The summed E-state index contributed by atoms with van der Waals surface area (Å²) in [4.78, 5) is 2.42. The molecule has 0 aromatic heterocycles. The molecule has 4 atom stereocenters. The first-order valence-corrected chi connectivity index (χ1v) is 7.28. The van der Waals surface area contributed by atoms with Crippen molar-refractivity contribution in [1.29, 1.82) is 0 Å². The van der Waals surface area contributed by atoms with Crippen LogP contribution in [0.4, 0.5) is 0 Å². The second-order valence-corrected chi connectivity index (χ2v) is 5.54. The van der Waals surface area contributed by atoms with E-state index in [4.69, 9.17) is 0 Å². The fourth-order valence-corrected chi connectivity index (χ4v) is 3.15. The average molecular weight is 267 g/mol. The van der Waals surface area contributed by atoms with Crippen LogP contribution < -0.4 is 0 Å². The van der Waals surface area contributed by atoms with Crippen LogP contribution in [0, 0.1) is 0 Å². The highest BCUT2D eigenvalue weighted by Gasteiger charge is 2.49. The van der Waals surface area contributed by atoms with Crippen molar-refractivity contribution in [3.05, 3.63) is 71.8 Å². The summed E-state index contributed by atoms with van der Waals surface area (Å²) in [7, 11) is 0. The van der Waals surface area contributed by atoms with Crippen LogP contribution in [0.15, 0.2) is 60.7 Å². The van der Waals surface area contributed by atoms with Crippen molar-refractivity contribution < 1.29 is 5.11 Å². The van der Waals surface area contributed by atoms with Gasteiger partial charge in [-0.05, 0) is 24.5 Å². The topological polar surface area (TPSA) is 23.2 Å². The molecule has 0 bridgehead atoms. The first-order chi connectivity index (χ1) is 9.81. The van der Waals surface area contributed by atoms with Crippen molar-refractivity contribution in [3.63, 3.8) is 0 Å². The van der Waals surface area contributed by atoms with E-state index in [1.165, 1.54) is 11.1 Å². The number of hydrogen-bond donors (Lipinski definition) is 1. The largest absolute Gasteiger partial charge is 0.395 e. The van der Waals surface area contributed by atoms with Crippen LogP contribution in [0.3, 0.4) is 0 Å². The highest BCUT2D eigenvalue weighted by molar-refractivity contribution is 5.24. The Morgan fingerprint density at radius 2 is 1.55 bits per heavy atom. The quantitative estimate of drug-likeness (QED) is 0.842. The standard InChI is InChI=1S/C18H21NO/c1-14(16-10-6-3-7-11-16)19-17(18(19)13-20)12-15-8-4-2-5-9-15/h2-11,14,17-18,20H,12-13H2,1H3/t14-,17-,18+,19?/m0/s1. The molecule has 0 amide bonds. The van der Waals surface area contributed by atoms with E-state index in [9.17, 15) is 5.11 Å². The van der Waals surface area contributed by atoms with Crippen LogP contribution in [-0.2, 0) is 6.42 Å². The number of aliphatic hydroxyl groups excluding tert-OH is 1. The normalized spacial score (nSPS) is 26.2. The van der Waals surface area contributed by atoms with E-state index < -0.39 is 0 Å². The molecular formula is C18H21NO. The zero-order chi connectivity index (χ0) is 13.9. The van der Waals surface area contributed by atoms with Gasteiger partial charge >= 0.3 is 0 Å². The van der Waals surface area contributed by atoms with E-state index >= 15 is 0 Å². The van der Waals surface area contributed by atoms with E-state index in [0.717, 1.165) is 6.42 Å². The molecule has 2 aromatic carbocycles. The Labute approximate surface area is 120 Å². The molecule has 0 saturated carbocycles. The second-order valence-electron chi connectivity index (χ2n) is 5.54. The van der Waals surface area contributed by atoms with Crippen molar-refractivity contribution >= 4 is 0 Å². The molecule has 1 heterocycles. The van der Waals surface area contributed by atoms with Crippen LogP contribution in [0.1, 0.15) is 24.1 Å². The van der Waals surface area contributed by atoms with Gasteiger partial charge in [-0.15, -0.1) is 0 Å². The monoisotopic (exact) mass is 267 g/mol. The molecule has 2 heteroatoms. The van der Waals surface area contributed by atoms with Gasteiger partial charge in [0.1, 0.15) is 0 Å². The second kappa shape index (κ2) is 5.78. The van der Waals surface area contributed by atoms with Crippen molar-refractivity contribution in [2.24, 2.45) is 0 Å². The Bertz CT molecular complexity index is 540. The molecule has 1 N–H and O–H groups in total. The van der Waals surface area contributed by atoms with Crippen LogP contribution in [0.2, 0.25) is 0 Å². The lowest BCUT2D eigenvalue weighted by Crippen LogP contribution is -2.11. The SMILES string of the molecule is C[C@@H](c1ccccc1)N1[C@H](CO)[C@@H]1Cc1ccccc1. The molecule has 1 unspecified atom stereocenters. The molecule has 0 aliphatic carbocycles. The van der Waals surface area contributed by atoms with E-state index in [0.29, 0.717) is 18.1 Å². The lowest BCUT2D eigenvalue weighted by atomic mass is 10.1. The Kier molecular flexibility index (Phi) is 3.86. The van der Waals surface area contributed by atoms with Gasteiger partial charge in [0.05, 0.1) is 6.61 Å². The third kappa shape index (κ3) is 2.62. The molecule has 104 valence electrons. The summed E-state index contributed by atoms with van der Waals surface area (Å²) < 4.78 is 0. The van der Waals surface area contributed by atoms with Crippen molar-refractivity contribution in [1.82, 2.24) is 4.90 Å². The average Bonchev–Trinajstić information content (AvgIpc) is 3.21. The number of rotatable bonds is 5. The zero-order valence-electron chi connectivity index (χ0n) is 11.8. The minimum atomic E-state index is 0.245. The Hall–Kier alpha value is -1.64. The highest BCUT2D eigenvalue weighted by Crippen LogP contribution is 2.39. The first-order valence-electron chi connectivity index (χ1n) is 7.28. The molecule has 3 rings (SSSR count). The molecule has 1 aliphatic heterocycles. The molecule has 20 heavy (non-hydrogen) atoms. The van der Waals surface area contributed by atoms with Gasteiger partial charge in [-0.25, -0.2) is 0 Å². The molecule has 1 fully saturated rings. The molecule has 0 radical (unpaired) electrons. The number of nitrogens with zero attached hydrogens (tertiary/aromatic N) is 1. The molecule has 2 nitrogen and oxygen atoms in total. The Balaban J connectivity index is 1.71. The van der Waals surface area contributed by atoms with Crippen LogP contribution in [0.5, 0.6) is 0 Å². The van der Waals surface area contributed by atoms with E-state index in [-0.39, 0.29) is 6.61 Å². The van der Waals surface area contributed by atoms with Gasteiger partial charge in [-0.2, -0.15) is 0 Å². The minimum absolute atomic E-state index is 0.245. The lowest BCUT2D eigenvalue weighted by molar-refractivity contribution is 0.259. The predicted molar refractivity (Wildman–Crippen MR) is 81.5 cm³/mol. The van der Waals surface area contributed by atoms with Gasteiger partial charge in [0.25, 0.3) is 0 Å². The summed E-state index contributed by atoms with van der Waals surface area (Å²) in [5.74, 6) is 0. The summed E-state index contributed by atoms with van der Waals surface area (Å²) in [6.45, 7) is 2.47. The van der Waals surface area contributed by atoms with E-state index in [1.807, 2.05) is 12.1 Å². The maximum absolute atomic E-state index is 9.58.